The van der Waals surface area contributed by atoms with Gasteiger partial charge in [0.15, 0.2) is 0 Å². The summed E-state index contributed by atoms with van der Waals surface area (Å²) < 4.78 is 13.9. The van der Waals surface area contributed by atoms with Gasteiger partial charge in [-0.1, -0.05) is 0 Å². The number of hydrogen-bond donors (Lipinski definition) is 2. The summed E-state index contributed by atoms with van der Waals surface area (Å²) in [5.74, 6) is -0.250. The fourth-order valence-corrected chi connectivity index (χ4v) is 1.33. The minimum absolute atomic E-state index is 0.125. The van der Waals surface area contributed by atoms with Gasteiger partial charge in [-0.15, -0.1) is 0 Å². The van der Waals surface area contributed by atoms with Crippen molar-refractivity contribution in [2.75, 3.05) is 6.54 Å². The first kappa shape index (κ1) is 14.4. The van der Waals surface area contributed by atoms with Gasteiger partial charge in [-0.2, -0.15) is 5.10 Å². The molecule has 0 bridgehead atoms. The zero-order chi connectivity index (χ0) is 13.8. The first-order valence-electron chi connectivity index (χ1n) is 5.70. The van der Waals surface area contributed by atoms with Gasteiger partial charge in [-0.3, -0.25) is 9.48 Å². The Hall–Kier alpha value is -1.69. The number of aromatic nitrogens is 2. The van der Waals surface area contributed by atoms with E-state index in [1.54, 1.807) is 12.3 Å². The van der Waals surface area contributed by atoms with Gasteiger partial charge in [-0.25, -0.2) is 4.39 Å². The van der Waals surface area contributed by atoms with E-state index in [-0.39, 0.29) is 24.5 Å². The second-order valence-corrected chi connectivity index (χ2v) is 5.07. The molecule has 0 spiro atoms. The molecule has 5 nitrogen and oxygen atoms in total. The molecule has 1 aromatic heterocycles. The standard InChI is InChI=1S/C12H19FN4O/c1-12(2,3)15-11(18)10-4-5-17(16-10)8-9(6-13)7-14/h4-6H,7-8,14H2,1-3H3,(H,15,18)/b9-6+. The fourth-order valence-electron chi connectivity index (χ4n) is 1.33. The van der Waals surface area contributed by atoms with Crippen LogP contribution in [0.4, 0.5) is 4.39 Å². The quantitative estimate of drug-likeness (QED) is 0.848. The Balaban J connectivity index is 2.72. The van der Waals surface area contributed by atoms with Crippen molar-refractivity contribution in [2.45, 2.75) is 32.9 Å². The highest BCUT2D eigenvalue weighted by atomic mass is 19.1. The zero-order valence-electron chi connectivity index (χ0n) is 10.9. The van der Waals surface area contributed by atoms with Crippen molar-refractivity contribution in [3.8, 4) is 0 Å². The summed E-state index contributed by atoms with van der Waals surface area (Å²) in [7, 11) is 0. The molecule has 100 valence electrons. The molecule has 0 saturated heterocycles. The minimum Gasteiger partial charge on any atom is -0.346 e. The van der Waals surface area contributed by atoms with E-state index < -0.39 is 0 Å². The van der Waals surface area contributed by atoms with Crippen LogP contribution in [0.25, 0.3) is 0 Å². The van der Waals surface area contributed by atoms with E-state index in [4.69, 9.17) is 5.73 Å². The molecule has 1 aromatic rings. The van der Waals surface area contributed by atoms with Crippen molar-refractivity contribution in [1.29, 1.82) is 0 Å². The number of amides is 1. The molecule has 0 aliphatic rings. The van der Waals surface area contributed by atoms with Crippen LogP contribution in [0.15, 0.2) is 24.2 Å². The molecule has 18 heavy (non-hydrogen) atoms. The van der Waals surface area contributed by atoms with Gasteiger partial charge in [0.2, 0.25) is 0 Å². The number of nitrogens with two attached hydrogens (primary N) is 1. The monoisotopic (exact) mass is 254 g/mol. The Kier molecular flexibility index (Phi) is 4.61. The lowest BCUT2D eigenvalue weighted by Crippen LogP contribution is -2.40. The highest BCUT2D eigenvalue weighted by Gasteiger charge is 2.17. The SMILES string of the molecule is CC(C)(C)NC(=O)c1ccn(C/C(=C/F)CN)n1. The van der Waals surface area contributed by atoms with Gasteiger partial charge in [0.05, 0.1) is 12.9 Å². The lowest BCUT2D eigenvalue weighted by molar-refractivity contribution is 0.0913. The van der Waals surface area contributed by atoms with Crippen LogP contribution >= 0.6 is 0 Å². The third-order valence-electron chi connectivity index (χ3n) is 2.14. The third kappa shape index (κ3) is 4.29. The number of hydrogen-bond acceptors (Lipinski definition) is 3. The fraction of sp³-hybridized carbons (Fsp3) is 0.500. The van der Waals surface area contributed by atoms with Gasteiger partial charge in [0.1, 0.15) is 5.69 Å². The van der Waals surface area contributed by atoms with Crippen molar-refractivity contribution in [3.63, 3.8) is 0 Å². The van der Waals surface area contributed by atoms with Crippen LogP contribution in [0.2, 0.25) is 0 Å². The van der Waals surface area contributed by atoms with E-state index in [2.05, 4.69) is 10.4 Å². The highest BCUT2D eigenvalue weighted by Crippen LogP contribution is 2.04. The van der Waals surface area contributed by atoms with Crippen LogP contribution < -0.4 is 11.1 Å². The van der Waals surface area contributed by atoms with Crippen molar-refractivity contribution in [3.05, 3.63) is 29.9 Å². The van der Waals surface area contributed by atoms with E-state index in [1.165, 1.54) is 4.68 Å². The summed E-state index contributed by atoms with van der Waals surface area (Å²) in [6.45, 7) is 6.04. The van der Waals surface area contributed by atoms with E-state index >= 15 is 0 Å². The molecule has 0 saturated carbocycles. The Morgan fingerprint density at radius 1 is 1.61 bits per heavy atom. The zero-order valence-corrected chi connectivity index (χ0v) is 10.9. The van der Waals surface area contributed by atoms with Crippen LogP contribution in [0.5, 0.6) is 0 Å². The molecule has 0 aliphatic carbocycles. The van der Waals surface area contributed by atoms with E-state index in [1.807, 2.05) is 20.8 Å². The summed E-state index contributed by atoms with van der Waals surface area (Å²) in [5, 5.41) is 6.87. The van der Waals surface area contributed by atoms with E-state index in [0.29, 0.717) is 17.6 Å². The molecule has 0 atom stereocenters. The van der Waals surface area contributed by atoms with E-state index in [0.717, 1.165) is 0 Å². The van der Waals surface area contributed by atoms with Gasteiger partial charge >= 0.3 is 0 Å². The summed E-state index contributed by atoms with van der Waals surface area (Å²) in [4.78, 5) is 11.8. The van der Waals surface area contributed by atoms with Crippen LogP contribution in [0, 0.1) is 0 Å². The topological polar surface area (TPSA) is 72.9 Å². The van der Waals surface area contributed by atoms with Crippen molar-refractivity contribution >= 4 is 5.91 Å². The molecule has 3 N–H and O–H groups in total. The summed E-state index contributed by atoms with van der Waals surface area (Å²) in [5.41, 5.74) is 5.76. The maximum absolute atomic E-state index is 12.4. The van der Waals surface area contributed by atoms with E-state index in [9.17, 15) is 9.18 Å². The number of rotatable bonds is 4. The second-order valence-electron chi connectivity index (χ2n) is 5.07. The maximum atomic E-state index is 12.4. The number of carbonyl (C=O) groups is 1. The minimum atomic E-state index is -0.317. The smallest absolute Gasteiger partial charge is 0.272 e. The molecular weight excluding hydrogens is 235 g/mol. The largest absolute Gasteiger partial charge is 0.346 e. The molecule has 0 aliphatic heterocycles. The average Bonchev–Trinajstić information content (AvgIpc) is 2.72. The lowest BCUT2D eigenvalue weighted by Gasteiger charge is -2.19. The Morgan fingerprint density at radius 2 is 2.28 bits per heavy atom. The second kappa shape index (κ2) is 5.77. The van der Waals surface area contributed by atoms with Gasteiger partial charge < -0.3 is 11.1 Å². The normalized spacial score (nSPS) is 12.6. The van der Waals surface area contributed by atoms with Crippen LogP contribution in [-0.4, -0.2) is 27.8 Å². The highest BCUT2D eigenvalue weighted by molar-refractivity contribution is 5.92. The molecule has 0 unspecified atom stereocenters. The lowest BCUT2D eigenvalue weighted by atomic mass is 10.1. The molecule has 1 amide bonds. The van der Waals surface area contributed by atoms with Crippen LogP contribution in [0.3, 0.4) is 0 Å². The Bertz CT molecular complexity index is 445. The maximum Gasteiger partial charge on any atom is 0.272 e. The summed E-state index contributed by atoms with van der Waals surface area (Å²) in [6, 6.07) is 1.59. The number of carbonyl (C=O) groups excluding carboxylic acids is 1. The summed E-state index contributed by atoms with van der Waals surface area (Å²) >= 11 is 0. The first-order valence-corrected chi connectivity index (χ1v) is 5.70. The predicted molar refractivity (Wildman–Crippen MR) is 67.7 cm³/mol. The van der Waals surface area contributed by atoms with Crippen molar-refractivity contribution in [2.24, 2.45) is 5.73 Å². The molecule has 0 aromatic carbocycles. The van der Waals surface area contributed by atoms with Crippen LogP contribution in [0.1, 0.15) is 31.3 Å². The Morgan fingerprint density at radius 3 is 2.78 bits per heavy atom. The van der Waals surface area contributed by atoms with Crippen molar-refractivity contribution < 1.29 is 9.18 Å². The molecule has 1 heterocycles. The number of halogens is 1. The number of nitrogens with zero attached hydrogens (tertiary/aromatic N) is 2. The van der Waals surface area contributed by atoms with Gasteiger partial charge in [0, 0.05) is 18.3 Å². The third-order valence-corrected chi connectivity index (χ3v) is 2.14. The molecule has 6 heteroatoms. The first-order chi connectivity index (χ1) is 8.35. The van der Waals surface area contributed by atoms with Crippen molar-refractivity contribution in [1.82, 2.24) is 15.1 Å². The summed E-state index contributed by atoms with van der Waals surface area (Å²) in [6.07, 6.45) is 2.09. The van der Waals surface area contributed by atoms with Gasteiger partial charge in [0.25, 0.3) is 5.91 Å². The Labute approximate surface area is 106 Å². The van der Waals surface area contributed by atoms with Crippen LogP contribution in [-0.2, 0) is 6.54 Å². The number of nitrogens with one attached hydrogen (secondary N) is 1. The predicted octanol–water partition coefficient (Wildman–Crippen LogP) is 1.22. The van der Waals surface area contributed by atoms with Gasteiger partial charge in [-0.05, 0) is 32.4 Å². The average molecular weight is 254 g/mol. The molecule has 1 rings (SSSR count). The molecule has 0 fully saturated rings. The molecular formula is C12H19FN4O. The molecule has 0 radical (unpaired) electrons.